The minimum Gasteiger partial charge on any atom is -0.379 e. The van der Waals surface area contributed by atoms with Crippen LogP contribution in [0.2, 0.25) is 0 Å². The van der Waals surface area contributed by atoms with Crippen LogP contribution < -0.4 is 0 Å². The molecular weight excluding hydrogens is 304 g/mol. The molecule has 3 heterocycles. The molecule has 0 saturated carbocycles. The topological polar surface area (TPSA) is 53.6 Å². The lowest BCUT2D eigenvalue weighted by Crippen LogP contribution is -2.44. The summed E-state index contributed by atoms with van der Waals surface area (Å²) in [4.78, 5) is 13.1. The van der Waals surface area contributed by atoms with E-state index >= 15 is 0 Å². The van der Waals surface area contributed by atoms with Crippen LogP contribution in [0.15, 0.2) is 24.3 Å². The summed E-state index contributed by atoms with van der Waals surface area (Å²) in [6, 6.07) is 8.22. The number of nitrogens with one attached hydrogen (secondary N) is 1. The summed E-state index contributed by atoms with van der Waals surface area (Å²) >= 11 is 0. The summed E-state index contributed by atoms with van der Waals surface area (Å²) in [5, 5.41) is 0. The van der Waals surface area contributed by atoms with Crippen molar-refractivity contribution in [2.75, 3.05) is 52.5 Å². The minimum absolute atomic E-state index is 0.273. The highest BCUT2D eigenvalue weighted by Crippen LogP contribution is 2.14. The van der Waals surface area contributed by atoms with Crippen molar-refractivity contribution in [3.8, 4) is 0 Å². The van der Waals surface area contributed by atoms with E-state index in [2.05, 4.69) is 26.9 Å². The van der Waals surface area contributed by atoms with Gasteiger partial charge in [-0.1, -0.05) is 12.1 Å². The van der Waals surface area contributed by atoms with Crippen LogP contribution in [0.4, 0.5) is 0 Å². The predicted octanol–water partition coefficient (Wildman–Crippen LogP) is 1.49. The Kier molecular flexibility index (Phi) is 5.08. The standard InChI is InChI=1S/C18H26N4O2/c1-2-5-17-16(4-1)19-18(20-17)14-22-6-3-9-24-15(13-22)12-21-7-10-23-11-8-21/h1-2,4-5,15H,3,6-14H2,(H,19,20). The van der Waals surface area contributed by atoms with Gasteiger partial charge in [0.25, 0.3) is 0 Å². The van der Waals surface area contributed by atoms with Gasteiger partial charge in [-0.2, -0.15) is 0 Å². The van der Waals surface area contributed by atoms with E-state index in [9.17, 15) is 0 Å². The number of para-hydroxylation sites is 2. The van der Waals surface area contributed by atoms with Crippen LogP contribution in [0.3, 0.4) is 0 Å². The molecule has 4 rings (SSSR count). The molecule has 6 nitrogen and oxygen atoms in total. The van der Waals surface area contributed by atoms with Crippen molar-refractivity contribution in [2.45, 2.75) is 19.1 Å². The first-order valence-corrected chi connectivity index (χ1v) is 8.94. The van der Waals surface area contributed by atoms with Gasteiger partial charge >= 0.3 is 0 Å². The maximum absolute atomic E-state index is 6.08. The van der Waals surface area contributed by atoms with Gasteiger partial charge in [0.2, 0.25) is 0 Å². The number of benzene rings is 1. The monoisotopic (exact) mass is 330 g/mol. The lowest BCUT2D eigenvalue weighted by atomic mass is 10.2. The summed E-state index contributed by atoms with van der Waals surface area (Å²) in [5.41, 5.74) is 2.16. The Bertz CT molecular complexity index is 620. The van der Waals surface area contributed by atoms with E-state index in [1.54, 1.807) is 0 Å². The molecule has 1 unspecified atom stereocenters. The molecule has 1 aromatic carbocycles. The second kappa shape index (κ2) is 7.61. The van der Waals surface area contributed by atoms with Crippen molar-refractivity contribution in [1.82, 2.24) is 19.8 Å². The van der Waals surface area contributed by atoms with Crippen LogP contribution in [0.1, 0.15) is 12.2 Å². The van der Waals surface area contributed by atoms with Crippen LogP contribution in [0.5, 0.6) is 0 Å². The fourth-order valence-electron chi connectivity index (χ4n) is 3.59. The number of fused-ring (bicyclic) bond motifs is 1. The minimum atomic E-state index is 0.273. The van der Waals surface area contributed by atoms with E-state index in [0.29, 0.717) is 0 Å². The van der Waals surface area contributed by atoms with Crippen molar-refractivity contribution < 1.29 is 9.47 Å². The average Bonchev–Trinajstić information content (AvgIpc) is 2.88. The first-order valence-electron chi connectivity index (χ1n) is 8.94. The zero-order valence-electron chi connectivity index (χ0n) is 14.1. The number of H-pyrrole nitrogens is 1. The largest absolute Gasteiger partial charge is 0.379 e. The molecule has 2 aliphatic rings. The maximum atomic E-state index is 6.08. The smallest absolute Gasteiger partial charge is 0.121 e. The molecule has 1 aromatic heterocycles. The van der Waals surface area contributed by atoms with E-state index in [0.717, 1.165) is 82.4 Å². The number of aromatic nitrogens is 2. The van der Waals surface area contributed by atoms with Gasteiger partial charge in [0.05, 0.1) is 36.9 Å². The molecule has 2 saturated heterocycles. The maximum Gasteiger partial charge on any atom is 0.121 e. The molecule has 6 heteroatoms. The van der Waals surface area contributed by atoms with E-state index < -0.39 is 0 Å². The van der Waals surface area contributed by atoms with Gasteiger partial charge in [-0.05, 0) is 18.6 Å². The molecule has 130 valence electrons. The van der Waals surface area contributed by atoms with Gasteiger partial charge in [0, 0.05) is 39.3 Å². The number of rotatable bonds is 4. The lowest BCUT2D eigenvalue weighted by Gasteiger charge is -2.31. The van der Waals surface area contributed by atoms with E-state index in [4.69, 9.17) is 14.5 Å². The fourth-order valence-corrected chi connectivity index (χ4v) is 3.59. The summed E-state index contributed by atoms with van der Waals surface area (Å²) < 4.78 is 11.5. The molecule has 1 N–H and O–H groups in total. The number of hydrogen-bond acceptors (Lipinski definition) is 5. The van der Waals surface area contributed by atoms with Crippen LogP contribution in [-0.2, 0) is 16.0 Å². The Hall–Kier alpha value is -1.47. The van der Waals surface area contributed by atoms with Crippen LogP contribution in [0, 0.1) is 0 Å². The first-order chi connectivity index (χ1) is 11.9. The Balaban J connectivity index is 1.38. The third-order valence-electron chi connectivity index (χ3n) is 4.81. The number of nitrogens with zero attached hydrogens (tertiary/aromatic N) is 3. The number of morpholine rings is 1. The van der Waals surface area contributed by atoms with Crippen LogP contribution in [-0.4, -0.2) is 78.4 Å². The molecule has 0 aliphatic carbocycles. The molecule has 0 bridgehead atoms. The van der Waals surface area contributed by atoms with Gasteiger partial charge in [-0.3, -0.25) is 9.80 Å². The number of aromatic amines is 1. The molecule has 2 aromatic rings. The second-order valence-corrected chi connectivity index (χ2v) is 6.70. The Labute approximate surface area is 142 Å². The summed E-state index contributed by atoms with van der Waals surface area (Å²) in [5.74, 6) is 1.04. The van der Waals surface area contributed by atoms with Crippen molar-refractivity contribution in [1.29, 1.82) is 0 Å². The first kappa shape index (κ1) is 16.0. The van der Waals surface area contributed by atoms with Crippen molar-refractivity contribution >= 4 is 11.0 Å². The molecule has 1 atom stereocenters. The van der Waals surface area contributed by atoms with Crippen molar-refractivity contribution in [3.05, 3.63) is 30.1 Å². The van der Waals surface area contributed by atoms with E-state index in [-0.39, 0.29) is 6.10 Å². The van der Waals surface area contributed by atoms with Gasteiger partial charge in [0.1, 0.15) is 5.82 Å². The Morgan fingerprint density at radius 2 is 1.96 bits per heavy atom. The summed E-state index contributed by atoms with van der Waals surface area (Å²) in [6.45, 7) is 8.46. The quantitative estimate of drug-likeness (QED) is 0.920. The molecule has 0 amide bonds. The van der Waals surface area contributed by atoms with E-state index in [1.165, 1.54) is 0 Å². The summed E-state index contributed by atoms with van der Waals surface area (Å²) in [7, 11) is 0. The lowest BCUT2D eigenvalue weighted by molar-refractivity contribution is -0.0123. The van der Waals surface area contributed by atoms with Crippen LogP contribution >= 0.6 is 0 Å². The molecule has 0 spiro atoms. The molecule has 0 radical (unpaired) electrons. The molecular formula is C18H26N4O2. The number of hydrogen-bond donors (Lipinski definition) is 1. The molecule has 2 aliphatic heterocycles. The van der Waals surface area contributed by atoms with Crippen molar-refractivity contribution in [2.24, 2.45) is 0 Å². The normalized spacial score (nSPS) is 24.2. The zero-order chi connectivity index (χ0) is 16.2. The second-order valence-electron chi connectivity index (χ2n) is 6.70. The van der Waals surface area contributed by atoms with Gasteiger partial charge < -0.3 is 14.5 Å². The number of imidazole rings is 1. The third kappa shape index (κ3) is 3.95. The molecule has 2 fully saturated rings. The number of ether oxygens (including phenoxy) is 2. The highest BCUT2D eigenvalue weighted by atomic mass is 16.5. The van der Waals surface area contributed by atoms with Crippen molar-refractivity contribution in [3.63, 3.8) is 0 Å². The average molecular weight is 330 g/mol. The highest BCUT2D eigenvalue weighted by Gasteiger charge is 2.23. The Morgan fingerprint density at radius 1 is 1.08 bits per heavy atom. The predicted molar refractivity (Wildman–Crippen MR) is 93.0 cm³/mol. The van der Waals surface area contributed by atoms with Gasteiger partial charge in [-0.15, -0.1) is 0 Å². The molecule has 24 heavy (non-hydrogen) atoms. The fraction of sp³-hybridized carbons (Fsp3) is 0.611. The Morgan fingerprint density at radius 3 is 2.83 bits per heavy atom. The summed E-state index contributed by atoms with van der Waals surface area (Å²) in [6.07, 6.45) is 1.36. The van der Waals surface area contributed by atoms with Crippen LogP contribution in [0.25, 0.3) is 11.0 Å². The highest BCUT2D eigenvalue weighted by molar-refractivity contribution is 5.74. The van der Waals surface area contributed by atoms with Gasteiger partial charge in [-0.25, -0.2) is 4.98 Å². The van der Waals surface area contributed by atoms with E-state index in [1.807, 2.05) is 12.1 Å². The third-order valence-corrected chi connectivity index (χ3v) is 4.81. The SMILES string of the molecule is c1ccc2[nH]c(CN3CCCOC(CN4CCOCC4)C3)nc2c1. The van der Waals surface area contributed by atoms with Gasteiger partial charge in [0.15, 0.2) is 0 Å². The zero-order valence-corrected chi connectivity index (χ0v) is 14.1.